The average Bonchev–Trinajstić information content (AvgIpc) is 2.74. The van der Waals surface area contributed by atoms with Gasteiger partial charge in [-0.15, -0.1) is 0 Å². The molecule has 27 heavy (non-hydrogen) atoms. The molecule has 0 amide bonds. The fourth-order valence-corrected chi connectivity index (χ4v) is 3.34. The summed E-state index contributed by atoms with van der Waals surface area (Å²) >= 11 is 0. The van der Waals surface area contributed by atoms with Gasteiger partial charge in [-0.05, 0) is 35.4 Å². The lowest BCUT2D eigenvalue weighted by atomic mass is 10.0. The standard InChI is InChI=1S/C21H24N4O2/c1-26-18-4-2-3-16(13-18)17-5-6-20-19(14-17)21(24-15-23-20)22-7-8-25-9-11-27-12-10-25/h2-6,13-15H,7-12H2,1H3,(H,22,23,24). The van der Waals surface area contributed by atoms with Gasteiger partial charge in [-0.1, -0.05) is 18.2 Å². The number of hydrogen-bond donors (Lipinski definition) is 1. The monoisotopic (exact) mass is 364 g/mol. The quantitative estimate of drug-likeness (QED) is 0.725. The van der Waals surface area contributed by atoms with Gasteiger partial charge in [0.05, 0.1) is 25.8 Å². The normalized spacial score (nSPS) is 15.0. The molecule has 1 saturated heterocycles. The minimum absolute atomic E-state index is 0.820. The van der Waals surface area contributed by atoms with Crippen molar-refractivity contribution in [2.24, 2.45) is 0 Å². The molecule has 0 aliphatic carbocycles. The maximum Gasteiger partial charge on any atom is 0.137 e. The maximum atomic E-state index is 5.40. The Morgan fingerprint density at radius 1 is 1.07 bits per heavy atom. The number of aromatic nitrogens is 2. The molecule has 140 valence electrons. The van der Waals surface area contributed by atoms with Crippen molar-refractivity contribution in [1.29, 1.82) is 0 Å². The number of anilines is 1. The number of nitrogens with one attached hydrogen (secondary N) is 1. The van der Waals surface area contributed by atoms with Crippen LogP contribution >= 0.6 is 0 Å². The van der Waals surface area contributed by atoms with E-state index in [0.29, 0.717) is 0 Å². The second kappa shape index (κ2) is 8.33. The van der Waals surface area contributed by atoms with Crippen LogP contribution in [-0.2, 0) is 4.74 Å². The Hall–Kier alpha value is -2.70. The van der Waals surface area contributed by atoms with Crippen LogP contribution in [0.1, 0.15) is 0 Å². The van der Waals surface area contributed by atoms with Crippen LogP contribution in [0.15, 0.2) is 48.8 Å². The Balaban J connectivity index is 1.55. The number of fused-ring (bicyclic) bond motifs is 1. The lowest BCUT2D eigenvalue weighted by molar-refractivity contribution is 0.0398. The molecule has 0 atom stereocenters. The molecule has 4 rings (SSSR count). The number of benzene rings is 2. The SMILES string of the molecule is COc1cccc(-c2ccc3ncnc(NCCN4CCOCC4)c3c2)c1. The Bertz CT molecular complexity index is 910. The molecule has 1 aromatic heterocycles. The first-order valence-corrected chi connectivity index (χ1v) is 9.26. The average molecular weight is 364 g/mol. The van der Waals surface area contributed by atoms with Crippen LogP contribution < -0.4 is 10.1 Å². The van der Waals surface area contributed by atoms with Crippen molar-refractivity contribution in [3.05, 3.63) is 48.8 Å². The molecular weight excluding hydrogens is 340 g/mol. The predicted molar refractivity (Wildman–Crippen MR) is 107 cm³/mol. The third kappa shape index (κ3) is 4.18. The van der Waals surface area contributed by atoms with Gasteiger partial charge >= 0.3 is 0 Å². The highest BCUT2D eigenvalue weighted by molar-refractivity contribution is 5.92. The van der Waals surface area contributed by atoms with Gasteiger partial charge in [0.25, 0.3) is 0 Å². The van der Waals surface area contributed by atoms with E-state index in [1.54, 1.807) is 13.4 Å². The number of ether oxygens (including phenoxy) is 2. The highest BCUT2D eigenvalue weighted by Crippen LogP contribution is 2.28. The Kier molecular flexibility index (Phi) is 5.46. The molecule has 1 N–H and O–H groups in total. The second-order valence-corrected chi connectivity index (χ2v) is 6.57. The Labute approximate surface area is 159 Å². The van der Waals surface area contributed by atoms with E-state index in [-0.39, 0.29) is 0 Å². The van der Waals surface area contributed by atoms with Gasteiger partial charge in [0.1, 0.15) is 17.9 Å². The summed E-state index contributed by atoms with van der Waals surface area (Å²) in [5.41, 5.74) is 3.16. The van der Waals surface area contributed by atoms with E-state index < -0.39 is 0 Å². The molecule has 3 aromatic rings. The zero-order chi connectivity index (χ0) is 18.5. The molecule has 2 aromatic carbocycles. The molecule has 0 unspecified atom stereocenters. The zero-order valence-electron chi connectivity index (χ0n) is 15.5. The summed E-state index contributed by atoms with van der Waals surface area (Å²) in [7, 11) is 1.68. The summed E-state index contributed by atoms with van der Waals surface area (Å²) in [5, 5.41) is 4.51. The summed E-state index contributed by atoms with van der Waals surface area (Å²) in [4.78, 5) is 11.3. The van der Waals surface area contributed by atoms with Crippen molar-refractivity contribution >= 4 is 16.7 Å². The van der Waals surface area contributed by atoms with Crippen molar-refractivity contribution in [1.82, 2.24) is 14.9 Å². The zero-order valence-corrected chi connectivity index (χ0v) is 15.5. The third-order valence-electron chi connectivity index (χ3n) is 4.86. The van der Waals surface area contributed by atoms with Gasteiger partial charge < -0.3 is 14.8 Å². The van der Waals surface area contributed by atoms with Crippen LogP contribution in [0.4, 0.5) is 5.82 Å². The van der Waals surface area contributed by atoms with Gasteiger partial charge in [-0.3, -0.25) is 4.90 Å². The van der Waals surface area contributed by atoms with E-state index in [9.17, 15) is 0 Å². The first-order chi connectivity index (χ1) is 13.3. The fourth-order valence-electron chi connectivity index (χ4n) is 3.34. The molecule has 0 bridgehead atoms. The van der Waals surface area contributed by atoms with E-state index in [1.165, 1.54) is 0 Å². The minimum Gasteiger partial charge on any atom is -0.497 e. The molecule has 6 heteroatoms. The van der Waals surface area contributed by atoms with Gasteiger partial charge in [0.15, 0.2) is 0 Å². The largest absolute Gasteiger partial charge is 0.497 e. The topological polar surface area (TPSA) is 59.5 Å². The fraction of sp³-hybridized carbons (Fsp3) is 0.333. The third-order valence-corrected chi connectivity index (χ3v) is 4.86. The molecular formula is C21H24N4O2. The minimum atomic E-state index is 0.820. The van der Waals surface area contributed by atoms with E-state index in [0.717, 1.165) is 73.0 Å². The Morgan fingerprint density at radius 3 is 2.78 bits per heavy atom. The maximum absolute atomic E-state index is 5.40. The van der Waals surface area contributed by atoms with Gasteiger partial charge in [0, 0.05) is 31.6 Å². The number of nitrogens with zero attached hydrogens (tertiary/aromatic N) is 3. The smallest absolute Gasteiger partial charge is 0.137 e. The van der Waals surface area contributed by atoms with E-state index >= 15 is 0 Å². The first kappa shape index (κ1) is 17.7. The van der Waals surface area contributed by atoms with Crippen LogP contribution in [-0.4, -0.2) is 61.4 Å². The van der Waals surface area contributed by atoms with E-state index in [2.05, 4.69) is 38.4 Å². The van der Waals surface area contributed by atoms with Crippen LogP contribution in [0.2, 0.25) is 0 Å². The van der Waals surface area contributed by atoms with Crippen molar-refractivity contribution in [3.8, 4) is 16.9 Å². The van der Waals surface area contributed by atoms with Gasteiger partial charge in [-0.25, -0.2) is 9.97 Å². The van der Waals surface area contributed by atoms with Crippen LogP contribution in [0.3, 0.4) is 0 Å². The molecule has 0 radical (unpaired) electrons. The molecule has 1 aliphatic heterocycles. The highest BCUT2D eigenvalue weighted by Gasteiger charge is 2.11. The number of methoxy groups -OCH3 is 1. The molecule has 1 aliphatic rings. The molecule has 6 nitrogen and oxygen atoms in total. The van der Waals surface area contributed by atoms with E-state index in [1.807, 2.05) is 24.3 Å². The van der Waals surface area contributed by atoms with Crippen molar-refractivity contribution in [2.75, 3.05) is 51.8 Å². The molecule has 0 spiro atoms. The van der Waals surface area contributed by atoms with E-state index in [4.69, 9.17) is 9.47 Å². The first-order valence-electron chi connectivity index (χ1n) is 9.26. The van der Waals surface area contributed by atoms with Crippen molar-refractivity contribution < 1.29 is 9.47 Å². The van der Waals surface area contributed by atoms with Crippen LogP contribution in [0, 0.1) is 0 Å². The molecule has 2 heterocycles. The van der Waals surface area contributed by atoms with Crippen LogP contribution in [0.25, 0.3) is 22.0 Å². The number of morpholine rings is 1. The predicted octanol–water partition coefficient (Wildman–Crippen LogP) is 3.05. The number of hydrogen-bond acceptors (Lipinski definition) is 6. The van der Waals surface area contributed by atoms with Crippen molar-refractivity contribution in [3.63, 3.8) is 0 Å². The summed E-state index contributed by atoms with van der Waals surface area (Å²) < 4.78 is 10.7. The molecule has 0 saturated carbocycles. The lowest BCUT2D eigenvalue weighted by Crippen LogP contribution is -2.39. The number of rotatable bonds is 6. The second-order valence-electron chi connectivity index (χ2n) is 6.57. The summed E-state index contributed by atoms with van der Waals surface area (Å²) in [5.74, 6) is 1.72. The van der Waals surface area contributed by atoms with Gasteiger partial charge in [-0.2, -0.15) is 0 Å². The van der Waals surface area contributed by atoms with Crippen LogP contribution in [0.5, 0.6) is 5.75 Å². The lowest BCUT2D eigenvalue weighted by Gasteiger charge is -2.26. The molecule has 1 fully saturated rings. The highest BCUT2D eigenvalue weighted by atomic mass is 16.5. The summed E-state index contributed by atoms with van der Waals surface area (Å²) in [6.45, 7) is 5.44. The Morgan fingerprint density at radius 2 is 1.93 bits per heavy atom. The van der Waals surface area contributed by atoms with Gasteiger partial charge in [0.2, 0.25) is 0 Å². The van der Waals surface area contributed by atoms with Crippen molar-refractivity contribution in [2.45, 2.75) is 0 Å². The summed E-state index contributed by atoms with van der Waals surface area (Å²) in [6.07, 6.45) is 1.62. The summed E-state index contributed by atoms with van der Waals surface area (Å²) in [6, 6.07) is 14.3.